The van der Waals surface area contributed by atoms with E-state index in [0.717, 1.165) is 12.1 Å². The van der Waals surface area contributed by atoms with E-state index in [1.54, 1.807) is 0 Å². The molecule has 1 N–H and O–H groups in total. The summed E-state index contributed by atoms with van der Waals surface area (Å²) in [7, 11) is 0. The first-order valence-corrected chi connectivity index (χ1v) is 6.28. The van der Waals surface area contributed by atoms with E-state index in [2.05, 4.69) is 15.9 Å². The second kappa shape index (κ2) is 4.49. The Kier molecular flexibility index (Phi) is 3.38. The van der Waals surface area contributed by atoms with Gasteiger partial charge in [0.2, 0.25) is 0 Å². The number of amides is 1. The first-order valence-electron chi connectivity index (χ1n) is 5.48. The number of aliphatic hydroxyl groups is 1. The minimum absolute atomic E-state index is 0.0409. The molecule has 1 aliphatic heterocycles. The molecule has 1 amide bonds. The number of likely N-dealkylation sites (tertiary alicyclic amines) is 1. The van der Waals surface area contributed by atoms with Crippen molar-refractivity contribution in [1.29, 1.82) is 0 Å². The van der Waals surface area contributed by atoms with Gasteiger partial charge in [-0.1, -0.05) is 15.9 Å². The molecule has 0 aromatic heterocycles. The zero-order valence-corrected chi connectivity index (χ0v) is 11.5. The molecule has 0 saturated carbocycles. The minimum atomic E-state index is -4.60. The quantitative estimate of drug-likeness (QED) is 0.855. The van der Waals surface area contributed by atoms with Gasteiger partial charge < -0.3 is 10.0 Å². The molecule has 0 unspecified atom stereocenters. The van der Waals surface area contributed by atoms with Crippen molar-refractivity contribution in [3.8, 4) is 0 Å². The lowest BCUT2D eigenvalue weighted by Crippen LogP contribution is -2.61. The third kappa shape index (κ3) is 2.92. The Bertz CT molecular complexity index is 520. The van der Waals surface area contributed by atoms with Crippen LogP contribution in [-0.4, -0.2) is 34.6 Å². The molecule has 1 aliphatic rings. The Morgan fingerprint density at radius 1 is 1.42 bits per heavy atom. The topological polar surface area (TPSA) is 40.5 Å². The number of halogens is 4. The molecule has 0 aliphatic carbocycles. The Balaban J connectivity index is 2.33. The smallest absolute Gasteiger partial charge is 0.386 e. The number of carbonyl (C=O) groups excluding carboxylic acids is 1. The molecule has 19 heavy (non-hydrogen) atoms. The van der Waals surface area contributed by atoms with Crippen LogP contribution in [0.15, 0.2) is 22.7 Å². The van der Waals surface area contributed by atoms with Crippen molar-refractivity contribution in [1.82, 2.24) is 4.90 Å². The molecule has 0 radical (unpaired) electrons. The number of rotatable bonds is 1. The van der Waals surface area contributed by atoms with Gasteiger partial charge in [-0.3, -0.25) is 4.79 Å². The maximum Gasteiger partial charge on any atom is 0.417 e. The Morgan fingerprint density at radius 2 is 2.00 bits per heavy atom. The Hall–Kier alpha value is -1.08. The third-order valence-corrected chi connectivity index (χ3v) is 3.36. The van der Waals surface area contributed by atoms with E-state index in [1.165, 1.54) is 17.9 Å². The van der Waals surface area contributed by atoms with Crippen LogP contribution in [0.5, 0.6) is 0 Å². The van der Waals surface area contributed by atoms with Crippen LogP contribution >= 0.6 is 15.9 Å². The number of β-amino-alcohol motifs (C(OH)–C–C–N with tert-alkyl or cyclic N) is 1. The number of hydrogen-bond acceptors (Lipinski definition) is 2. The zero-order chi connectivity index (χ0) is 14.4. The fraction of sp³-hybridized carbons (Fsp3) is 0.417. The van der Waals surface area contributed by atoms with Crippen LogP contribution < -0.4 is 0 Å². The van der Waals surface area contributed by atoms with Gasteiger partial charge in [-0.25, -0.2) is 0 Å². The normalized spacial score (nSPS) is 18.1. The predicted molar refractivity (Wildman–Crippen MR) is 65.7 cm³/mol. The van der Waals surface area contributed by atoms with Gasteiger partial charge in [0.25, 0.3) is 5.91 Å². The SMILES string of the molecule is CC1(O)CN(C(=O)c2ccc(Br)cc2C(F)(F)F)C1. The Morgan fingerprint density at radius 3 is 2.47 bits per heavy atom. The number of alkyl halides is 3. The van der Waals surface area contributed by atoms with E-state index in [4.69, 9.17) is 0 Å². The van der Waals surface area contributed by atoms with E-state index >= 15 is 0 Å². The van der Waals surface area contributed by atoms with Gasteiger partial charge in [0.15, 0.2) is 0 Å². The molecule has 2 rings (SSSR count). The molecule has 1 aromatic carbocycles. The minimum Gasteiger partial charge on any atom is -0.386 e. The van der Waals surface area contributed by atoms with Crippen LogP contribution in [0.4, 0.5) is 13.2 Å². The highest BCUT2D eigenvalue weighted by molar-refractivity contribution is 9.10. The van der Waals surface area contributed by atoms with Crippen molar-refractivity contribution >= 4 is 21.8 Å². The predicted octanol–water partition coefficient (Wildman–Crippen LogP) is 2.67. The summed E-state index contributed by atoms with van der Waals surface area (Å²) in [5, 5.41) is 9.53. The number of nitrogens with zero attached hydrogens (tertiary/aromatic N) is 1. The molecular formula is C12H11BrF3NO2. The van der Waals surface area contributed by atoms with Crippen LogP contribution in [0, 0.1) is 0 Å². The summed E-state index contributed by atoms with van der Waals surface area (Å²) in [5.74, 6) is -0.716. The van der Waals surface area contributed by atoms with Gasteiger partial charge in [0.1, 0.15) is 0 Å². The molecule has 1 saturated heterocycles. The third-order valence-electron chi connectivity index (χ3n) is 2.87. The summed E-state index contributed by atoms with van der Waals surface area (Å²) >= 11 is 2.96. The van der Waals surface area contributed by atoms with Gasteiger partial charge in [0.05, 0.1) is 29.8 Å². The van der Waals surface area contributed by atoms with Crippen LogP contribution in [0.2, 0.25) is 0 Å². The molecule has 0 atom stereocenters. The van der Waals surface area contributed by atoms with E-state index in [0.29, 0.717) is 0 Å². The largest absolute Gasteiger partial charge is 0.417 e. The number of hydrogen-bond donors (Lipinski definition) is 1. The van der Waals surface area contributed by atoms with Crippen LogP contribution in [0.3, 0.4) is 0 Å². The highest BCUT2D eigenvalue weighted by atomic mass is 79.9. The molecule has 7 heteroatoms. The summed E-state index contributed by atoms with van der Waals surface area (Å²) < 4.78 is 38.9. The van der Waals surface area contributed by atoms with E-state index < -0.39 is 28.8 Å². The maximum atomic E-state index is 12.9. The Labute approximate surface area is 116 Å². The molecule has 1 heterocycles. The van der Waals surface area contributed by atoms with Gasteiger partial charge in [0, 0.05) is 4.47 Å². The molecule has 3 nitrogen and oxygen atoms in total. The van der Waals surface area contributed by atoms with Crippen molar-refractivity contribution < 1.29 is 23.1 Å². The monoisotopic (exact) mass is 337 g/mol. The standard InChI is InChI=1S/C12H11BrF3NO2/c1-11(19)5-17(6-11)10(18)8-3-2-7(13)4-9(8)12(14,15)16/h2-4,19H,5-6H2,1H3. The molecular weight excluding hydrogens is 327 g/mol. The fourth-order valence-corrected chi connectivity index (χ4v) is 2.39. The molecule has 1 aromatic rings. The highest BCUT2D eigenvalue weighted by Gasteiger charge is 2.42. The maximum absolute atomic E-state index is 12.9. The highest BCUT2D eigenvalue weighted by Crippen LogP contribution is 2.35. The van der Waals surface area contributed by atoms with Gasteiger partial charge in [-0.15, -0.1) is 0 Å². The van der Waals surface area contributed by atoms with Crippen molar-refractivity contribution in [2.75, 3.05) is 13.1 Å². The molecule has 1 fully saturated rings. The van der Waals surface area contributed by atoms with Crippen molar-refractivity contribution in [3.63, 3.8) is 0 Å². The summed E-state index contributed by atoms with van der Waals surface area (Å²) in [6, 6.07) is 3.41. The van der Waals surface area contributed by atoms with E-state index in [9.17, 15) is 23.1 Å². The molecule has 104 valence electrons. The summed E-state index contributed by atoms with van der Waals surface area (Å²) in [5.41, 5.74) is -2.38. The van der Waals surface area contributed by atoms with Gasteiger partial charge in [-0.05, 0) is 25.1 Å². The van der Waals surface area contributed by atoms with Gasteiger partial charge >= 0.3 is 6.18 Å². The van der Waals surface area contributed by atoms with Crippen molar-refractivity contribution in [2.24, 2.45) is 0 Å². The second-order valence-electron chi connectivity index (χ2n) is 4.85. The fourth-order valence-electron chi connectivity index (χ4n) is 2.03. The lowest BCUT2D eigenvalue weighted by atomic mass is 9.95. The number of carbonyl (C=O) groups is 1. The second-order valence-corrected chi connectivity index (χ2v) is 5.76. The average Bonchev–Trinajstić information content (AvgIpc) is 2.23. The number of benzene rings is 1. The van der Waals surface area contributed by atoms with E-state index in [-0.39, 0.29) is 17.6 Å². The summed E-state index contributed by atoms with van der Waals surface area (Å²) in [6.45, 7) is 1.61. The lowest BCUT2D eigenvalue weighted by molar-refractivity contribution is -0.138. The zero-order valence-electron chi connectivity index (χ0n) is 9.96. The first-order chi connectivity index (χ1) is 8.60. The average molecular weight is 338 g/mol. The van der Waals surface area contributed by atoms with Crippen LogP contribution in [0.1, 0.15) is 22.8 Å². The lowest BCUT2D eigenvalue weighted by Gasteiger charge is -2.44. The van der Waals surface area contributed by atoms with Crippen molar-refractivity contribution in [2.45, 2.75) is 18.7 Å². The summed E-state index contributed by atoms with van der Waals surface area (Å²) in [4.78, 5) is 13.2. The van der Waals surface area contributed by atoms with Crippen molar-refractivity contribution in [3.05, 3.63) is 33.8 Å². The molecule has 0 spiro atoms. The molecule has 0 bridgehead atoms. The van der Waals surface area contributed by atoms with Crippen LogP contribution in [-0.2, 0) is 6.18 Å². The van der Waals surface area contributed by atoms with Crippen LogP contribution in [0.25, 0.3) is 0 Å². The van der Waals surface area contributed by atoms with Gasteiger partial charge in [-0.2, -0.15) is 13.2 Å². The first kappa shape index (κ1) is 14.3. The van der Waals surface area contributed by atoms with E-state index in [1.807, 2.05) is 0 Å². The summed E-state index contributed by atoms with van der Waals surface area (Å²) in [6.07, 6.45) is -4.60.